The number of nitrogens with zero attached hydrogens (tertiary/aromatic N) is 2. The van der Waals surface area contributed by atoms with Crippen LogP contribution in [0.15, 0.2) is 96.8 Å². The predicted octanol–water partition coefficient (Wildman–Crippen LogP) is 4.69. The summed E-state index contributed by atoms with van der Waals surface area (Å²) >= 11 is 0. The quantitative estimate of drug-likeness (QED) is 0.182. The van der Waals surface area contributed by atoms with Crippen LogP contribution in [0.2, 0.25) is 0 Å². The maximum absolute atomic E-state index is 13.3. The second-order valence-corrected chi connectivity index (χ2v) is 8.73. The summed E-state index contributed by atoms with van der Waals surface area (Å²) in [5.74, 6) is -2.20. The normalized spacial score (nSPS) is 16.8. The lowest BCUT2D eigenvalue weighted by molar-refractivity contribution is -0.139. The SMILES string of the molecule is COC(=O)c1ccc(C2/C(=C(\O)c3ccncc3)C(=O)C(=O)N2CCc2cccc3ccccc23)cc1. The van der Waals surface area contributed by atoms with Gasteiger partial charge in [0.15, 0.2) is 0 Å². The molecule has 0 aliphatic carbocycles. The van der Waals surface area contributed by atoms with Crippen molar-refractivity contribution in [1.82, 2.24) is 9.88 Å². The molecule has 1 unspecified atom stereocenters. The highest BCUT2D eigenvalue weighted by atomic mass is 16.5. The number of ether oxygens (including phenoxy) is 1. The van der Waals surface area contributed by atoms with Gasteiger partial charge in [-0.1, -0.05) is 54.6 Å². The molecule has 1 N–H and O–H groups in total. The van der Waals surface area contributed by atoms with Gasteiger partial charge in [-0.05, 0) is 52.6 Å². The van der Waals surface area contributed by atoms with Crippen LogP contribution in [-0.4, -0.2) is 46.3 Å². The molecule has 7 heteroatoms. The first kappa shape index (κ1) is 23.9. The number of fused-ring (bicyclic) bond motifs is 1. The molecule has 1 amide bonds. The smallest absolute Gasteiger partial charge is 0.337 e. The molecule has 1 saturated heterocycles. The van der Waals surface area contributed by atoms with Gasteiger partial charge in [0, 0.05) is 24.5 Å². The number of aliphatic hydroxyl groups excluding tert-OH is 1. The van der Waals surface area contributed by atoms with E-state index >= 15 is 0 Å². The minimum Gasteiger partial charge on any atom is -0.507 e. The Labute approximate surface area is 213 Å². The van der Waals surface area contributed by atoms with E-state index in [-0.39, 0.29) is 17.9 Å². The van der Waals surface area contributed by atoms with E-state index in [1.165, 1.54) is 24.4 Å². The molecule has 0 spiro atoms. The van der Waals surface area contributed by atoms with Crippen LogP contribution in [-0.2, 0) is 20.7 Å². The number of esters is 1. The van der Waals surface area contributed by atoms with Crippen LogP contribution in [0.4, 0.5) is 0 Å². The van der Waals surface area contributed by atoms with E-state index in [0.717, 1.165) is 16.3 Å². The lowest BCUT2D eigenvalue weighted by atomic mass is 9.94. The number of hydrogen-bond acceptors (Lipinski definition) is 6. The number of likely N-dealkylation sites (tertiary alicyclic amines) is 1. The minimum absolute atomic E-state index is 0.0000576. The summed E-state index contributed by atoms with van der Waals surface area (Å²) in [6, 6.07) is 22.9. The zero-order valence-corrected chi connectivity index (χ0v) is 20.1. The first-order chi connectivity index (χ1) is 18.0. The van der Waals surface area contributed by atoms with Gasteiger partial charge >= 0.3 is 5.97 Å². The molecule has 5 rings (SSSR count). The molecule has 1 fully saturated rings. The monoisotopic (exact) mass is 492 g/mol. The predicted molar refractivity (Wildman–Crippen MR) is 139 cm³/mol. The summed E-state index contributed by atoms with van der Waals surface area (Å²) in [6.45, 7) is 0.259. The number of benzene rings is 3. The average molecular weight is 493 g/mol. The molecule has 1 atom stereocenters. The fourth-order valence-corrected chi connectivity index (χ4v) is 4.79. The van der Waals surface area contributed by atoms with E-state index in [4.69, 9.17) is 4.74 Å². The van der Waals surface area contributed by atoms with Crippen LogP contribution < -0.4 is 0 Å². The number of rotatable bonds is 6. The largest absolute Gasteiger partial charge is 0.507 e. The van der Waals surface area contributed by atoms with Crippen LogP contribution in [0.5, 0.6) is 0 Å². The van der Waals surface area contributed by atoms with E-state index in [1.807, 2.05) is 42.5 Å². The van der Waals surface area contributed by atoms with E-state index in [2.05, 4.69) is 4.98 Å². The third-order valence-corrected chi connectivity index (χ3v) is 6.64. The molecule has 0 saturated carbocycles. The molecule has 7 nitrogen and oxygen atoms in total. The van der Waals surface area contributed by atoms with E-state index < -0.39 is 23.7 Å². The number of methoxy groups -OCH3 is 1. The molecule has 37 heavy (non-hydrogen) atoms. The first-order valence-corrected chi connectivity index (χ1v) is 11.8. The molecule has 2 heterocycles. The maximum Gasteiger partial charge on any atom is 0.337 e. The summed E-state index contributed by atoms with van der Waals surface area (Å²) in [5, 5.41) is 13.3. The van der Waals surface area contributed by atoms with Gasteiger partial charge in [-0.3, -0.25) is 14.6 Å². The highest BCUT2D eigenvalue weighted by Crippen LogP contribution is 2.39. The van der Waals surface area contributed by atoms with Crippen molar-refractivity contribution in [3.63, 3.8) is 0 Å². The number of aromatic nitrogens is 1. The summed E-state index contributed by atoms with van der Waals surface area (Å²) < 4.78 is 4.78. The number of hydrogen-bond donors (Lipinski definition) is 1. The minimum atomic E-state index is -0.824. The summed E-state index contributed by atoms with van der Waals surface area (Å²) in [6.07, 6.45) is 3.53. The molecule has 0 radical (unpaired) electrons. The Hall–Kier alpha value is -4.78. The third kappa shape index (κ3) is 4.47. The Morgan fingerprint density at radius 3 is 2.35 bits per heavy atom. The number of pyridine rings is 1. The Morgan fingerprint density at radius 1 is 0.919 bits per heavy atom. The van der Waals surface area contributed by atoms with Gasteiger partial charge < -0.3 is 14.7 Å². The fourth-order valence-electron chi connectivity index (χ4n) is 4.79. The van der Waals surface area contributed by atoms with Crippen LogP contribution in [0.25, 0.3) is 16.5 Å². The number of aliphatic hydroxyl groups is 1. The Kier molecular flexibility index (Phi) is 6.51. The maximum atomic E-state index is 13.3. The van der Waals surface area contributed by atoms with E-state index in [0.29, 0.717) is 23.1 Å². The zero-order chi connectivity index (χ0) is 25.9. The summed E-state index contributed by atoms with van der Waals surface area (Å²) in [7, 11) is 1.30. The third-order valence-electron chi connectivity index (χ3n) is 6.64. The van der Waals surface area contributed by atoms with Gasteiger partial charge in [0.1, 0.15) is 5.76 Å². The molecule has 4 aromatic rings. The van der Waals surface area contributed by atoms with Gasteiger partial charge in [-0.25, -0.2) is 4.79 Å². The molecular formula is C30H24N2O5. The van der Waals surface area contributed by atoms with Crippen molar-refractivity contribution in [1.29, 1.82) is 0 Å². The van der Waals surface area contributed by atoms with Gasteiger partial charge in [0.05, 0.1) is 24.3 Å². The Bertz CT molecular complexity index is 1520. The second kappa shape index (κ2) is 10.1. The van der Waals surface area contributed by atoms with Crippen molar-refractivity contribution in [2.75, 3.05) is 13.7 Å². The molecule has 0 bridgehead atoms. The molecule has 1 aliphatic rings. The second-order valence-electron chi connectivity index (χ2n) is 8.73. The van der Waals surface area contributed by atoms with Gasteiger partial charge in [-0.2, -0.15) is 0 Å². The van der Waals surface area contributed by atoms with Crippen LogP contribution in [0.3, 0.4) is 0 Å². The lowest BCUT2D eigenvalue weighted by Crippen LogP contribution is -2.31. The number of carbonyl (C=O) groups excluding carboxylic acids is 3. The van der Waals surface area contributed by atoms with E-state index in [9.17, 15) is 19.5 Å². The van der Waals surface area contributed by atoms with Crippen molar-refractivity contribution in [2.24, 2.45) is 0 Å². The average Bonchev–Trinajstić information content (AvgIpc) is 3.20. The van der Waals surface area contributed by atoms with E-state index in [1.54, 1.807) is 36.4 Å². The van der Waals surface area contributed by atoms with Crippen molar-refractivity contribution in [3.05, 3.63) is 119 Å². The summed E-state index contributed by atoms with van der Waals surface area (Å²) in [4.78, 5) is 43.9. The van der Waals surface area contributed by atoms with Crippen LogP contribution >= 0.6 is 0 Å². The van der Waals surface area contributed by atoms with Crippen molar-refractivity contribution in [2.45, 2.75) is 12.5 Å². The topological polar surface area (TPSA) is 96.8 Å². The van der Waals surface area contributed by atoms with Gasteiger partial charge in [0.2, 0.25) is 0 Å². The highest BCUT2D eigenvalue weighted by Gasteiger charge is 2.45. The van der Waals surface area contributed by atoms with Crippen molar-refractivity contribution < 1.29 is 24.2 Å². The molecular weight excluding hydrogens is 468 g/mol. The lowest BCUT2D eigenvalue weighted by Gasteiger charge is -2.25. The molecule has 1 aromatic heterocycles. The van der Waals surface area contributed by atoms with Crippen molar-refractivity contribution >= 4 is 34.2 Å². The Morgan fingerprint density at radius 2 is 1.62 bits per heavy atom. The molecule has 1 aliphatic heterocycles. The van der Waals surface area contributed by atoms with Crippen LogP contribution in [0, 0.1) is 0 Å². The highest BCUT2D eigenvalue weighted by molar-refractivity contribution is 6.46. The van der Waals surface area contributed by atoms with Gasteiger partial charge in [-0.15, -0.1) is 0 Å². The summed E-state index contributed by atoms with van der Waals surface area (Å²) in [5.41, 5.74) is 2.38. The number of Topliss-reactive ketones (excluding diaryl/α,β-unsaturated/α-hetero) is 1. The number of amides is 1. The van der Waals surface area contributed by atoms with Crippen LogP contribution in [0.1, 0.15) is 33.1 Å². The van der Waals surface area contributed by atoms with Gasteiger partial charge in [0.25, 0.3) is 11.7 Å². The number of carbonyl (C=O) groups is 3. The molecule has 184 valence electrons. The Balaban J connectivity index is 1.57. The standard InChI is InChI=1S/C30H24N2O5/c1-37-30(36)23-11-9-21(10-12-23)26-25(27(33)22-13-16-31-17-14-22)28(34)29(35)32(26)18-15-20-7-4-6-19-5-2-3-8-24(19)20/h2-14,16-17,26,33H,15,18H2,1H3/b27-25+. The van der Waals surface area contributed by atoms with Crippen molar-refractivity contribution in [3.8, 4) is 0 Å². The zero-order valence-electron chi connectivity index (χ0n) is 20.1. The number of ketones is 1. The first-order valence-electron chi connectivity index (χ1n) is 11.8. The molecule has 3 aromatic carbocycles. The fraction of sp³-hybridized carbons (Fsp3) is 0.133.